The van der Waals surface area contributed by atoms with Crippen LogP contribution in [-0.2, 0) is 14.3 Å². The lowest BCUT2D eigenvalue weighted by Gasteiger charge is -2.43. The number of ether oxygens (including phenoxy) is 1. The van der Waals surface area contributed by atoms with Crippen LogP contribution in [0.2, 0.25) is 0 Å². The number of rotatable bonds is 3. The zero-order valence-corrected chi connectivity index (χ0v) is 13.3. The van der Waals surface area contributed by atoms with E-state index in [0.717, 1.165) is 51.9 Å². The van der Waals surface area contributed by atoms with Crippen molar-refractivity contribution in [3.8, 4) is 0 Å². The van der Waals surface area contributed by atoms with Gasteiger partial charge in [0.2, 0.25) is 11.8 Å². The molecular weight excluding hydrogens is 280 g/mol. The maximum absolute atomic E-state index is 12.3. The van der Waals surface area contributed by atoms with Gasteiger partial charge in [-0.05, 0) is 50.9 Å². The largest absolute Gasteiger partial charge is 0.381 e. The third-order valence-corrected chi connectivity index (χ3v) is 6.51. The molecule has 2 saturated heterocycles. The highest BCUT2D eigenvalue weighted by atomic mass is 16.5. The summed E-state index contributed by atoms with van der Waals surface area (Å²) in [5.74, 6) is 1.74. The van der Waals surface area contributed by atoms with Gasteiger partial charge in [0, 0.05) is 30.5 Å². The molecule has 0 bridgehead atoms. The number of likely N-dealkylation sites (tertiary alicyclic amines) is 1. The van der Waals surface area contributed by atoms with Gasteiger partial charge in [-0.3, -0.25) is 9.59 Å². The summed E-state index contributed by atoms with van der Waals surface area (Å²) in [7, 11) is 0. The Morgan fingerprint density at radius 1 is 1.27 bits per heavy atom. The molecule has 4 rings (SSSR count). The predicted octanol–water partition coefficient (Wildman–Crippen LogP) is 1.32. The van der Waals surface area contributed by atoms with E-state index in [1.807, 2.05) is 0 Å². The van der Waals surface area contributed by atoms with Gasteiger partial charge in [-0.2, -0.15) is 0 Å². The van der Waals surface area contributed by atoms with Crippen LogP contribution in [0.25, 0.3) is 0 Å². The Kier molecular flexibility index (Phi) is 3.44. The molecule has 2 aliphatic carbocycles. The summed E-state index contributed by atoms with van der Waals surface area (Å²) >= 11 is 0. The molecule has 22 heavy (non-hydrogen) atoms. The first-order valence-electron chi connectivity index (χ1n) is 8.83. The molecule has 3 atom stereocenters. The van der Waals surface area contributed by atoms with Crippen LogP contribution in [-0.4, -0.2) is 48.1 Å². The summed E-state index contributed by atoms with van der Waals surface area (Å²) in [6, 6.07) is 0.301. The van der Waals surface area contributed by atoms with Gasteiger partial charge in [0.05, 0.1) is 13.2 Å². The quantitative estimate of drug-likeness (QED) is 0.855. The smallest absolute Gasteiger partial charge is 0.224 e. The maximum Gasteiger partial charge on any atom is 0.224 e. The van der Waals surface area contributed by atoms with Crippen molar-refractivity contribution in [3.05, 3.63) is 0 Å². The summed E-state index contributed by atoms with van der Waals surface area (Å²) in [5.41, 5.74) is 0.0942. The Labute approximate surface area is 131 Å². The molecule has 122 valence electrons. The van der Waals surface area contributed by atoms with Crippen LogP contribution in [0, 0.1) is 17.8 Å². The van der Waals surface area contributed by atoms with Gasteiger partial charge in [0.1, 0.15) is 0 Å². The van der Waals surface area contributed by atoms with Gasteiger partial charge < -0.3 is 15.0 Å². The number of nitrogens with one attached hydrogen (secondary N) is 1. The van der Waals surface area contributed by atoms with Crippen molar-refractivity contribution in [2.45, 2.75) is 57.0 Å². The fourth-order valence-corrected chi connectivity index (χ4v) is 5.13. The van der Waals surface area contributed by atoms with Crippen molar-refractivity contribution in [2.24, 2.45) is 17.8 Å². The first-order chi connectivity index (χ1) is 10.6. The molecule has 2 aliphatic heterocycles. The van der Waals surface area contributed by atoms with E-state index in [-0.39, 0.29) is 17.4 Å². The standard InChI is InChI=1S/C17H26N2O3/c1-2-19-14(20)5-8-17(19)6-3-11(4-7-17)18-16(21)15-12-9-22-10-13(12)15/h11-13,15H,2-10H2,1H3,(H,18,21)/t11?,12-,13+,15?,17?. The Bertz CT molecular complexity index is 474. The second-order valence-electron chi connectivity index (χ2n) is 7.54. The van der Waals surface area contributed by atoms with Crippen LogP contribution in [0.15, 0.2) is 0 Å². The average molecular weight is 306 g/mol. The second kappa shape index (κ2) is 5.22. The van der Waals surface area contributed by atoms with E-state index < -0.39 is 0 Å². The average Bonchev–Trinajstić information content (AvgIpc) is 2.86. The second-order valence-corrected chi connectivity index (χ2v) is 7.54. The molecule has 0 radical (unpaired) electrons. The normalized spacial score (nSPS) is 43.5. The zero-order chi connectivity index (χ0) is 15.3. The van der Waals surface area contributed by atoms with Gasteiger partial charge >= 0.3 is 0 Å². The molecule has 1 N–H and O–H groups in total. The molecule has 4 aliphatic rings. The molecule has 2 saturated carbocycles. The number of amides is 2. The third kappa shape index (κ3) is 2.16. The molecule has 0 aromatic carbocycles. The van der Waals surface area contributed by atoms with E-state index in [2.05, 4.69) is 17.1 Å². The van der Waals surface area contributed by atoms with Crippen molar-refractivity contribution < 1.29 is 14.3 Å². The van der Waals surface area contributed by atoms with E-state index in [4.69, 9.17) is 4.74 Å². The Morgan fingerprint density at radius 3 is 2.59 bits per heavy atom. The minimum absolute atomic E-state index is 0.0942. The molecule has 2 heterocycles. The lowest BCUT2D eigenvalue weighted by Crippen LogP contribution is -2.51. The third-order valence-electron chi connectivity index (χ3n) is 6.51. The molecule has 5 heteroatoms. The van der Waals surface area contributed by atoms with Gasteiger partial charge in [0.15, 0.2) is 0 Å². The lowest BCUT2D eigenvalue weighted by molar-refractivity contribution is -0.132. The predicted molar refractivity (Wildman–Crippen MR) is 81.0 cm³/mol. The lowest BCUT2D eigenvalue weighted by atomic mass is 9.77. The van der Waals surface area contributed by atoms with Gasteiger partial charge in [-0.1, -0.05) is 0 Å². The van der Waals surface area contributed by atoms with E-state index >= 15 is 0 Å². The number of hydrogen-bond acceptors (Lipinski definition) is 3. The Morgan fingerprint density at radius 2 is 1.95 bits per heavy atom. The maximum atomic E-state index is 12.3. The summed E-state index contributed by atoms with van der Waals surface area (Å²) < 4.78 is 5.36. The molecule has 2 amide bonds. The number of nitrogens with zero attached hydrogens (tertiary/aromatic N) is 1. The van der Waals surface area contributed by atoms with E-state index in [9.17, 15) is 9.59 Å². The highest BCUT2D eigenvalue weighted by molar-refractivity contribution is 5.83. The minimum atomic E-state index is 0.0942. The first-order valence-corrected chi connectivity index (χ1v) is 8.83. The van der Waals surface area contributed by atoms with Crippen LogP contribution in [0.4, 0.5) is 0 Å². The molecule has 5 nitrogen and oxygen atoms in total. The number of hydrogen-bond donors (Lipinski definition) is 1. The van der Waals surface area contributed by atoms with Crippen molar-refractivity contribution in [3.63, 3.8) is 0 Å². The van der Waals surface area contributed by atoms with Gasteiger partial charge in [-0.25, -0.2) is 0 Å². The number of fused-ring (bicyclic) bond motifs is 1. The minimum Gasteiger partial charge on any atom is -0.381 e. The van der Waals surface area contributed by atoms with Crippen LogP contribution >= 0.6 is 0 Å². The number of carbonyl (C=O) groups excluding carboxylic acids is 2. The van der Waals surface area contributed by atoms with Crippen molar-refractivity contribution in [1.82, 2.24) is 10.2 Å². The fraction of sp³-hybridized carbons (Fsp3) is 0.882. The summed E-state index contributed by atoms with van der Waals surface area (Å²) in [5, 5.41) is 3.26. The SMILES string of the molecule is CCN1C(=O)CCC12CCC(NC(=O)C1[C@H]3COC[C@@H]13)CC2. The topological polar surface area (TPSA) is 58.6 Å². The van der Waals surface area contributed by atoms with Crippen molar-refractivity contribution in [1.29, 1.82) is 0 Å². The molecule has 1 unspecified atom stereocenters. The van der Waals surface area contributed by atoms with Crippen molar-refractivity contribution in [2.75, 3.05) is 19.8 Å². The highest BCUT2D eigenvalue weighted by Crippen LogP contribution is 2.51. The van der Waals surface area contributed by atoms with Crippen molar-refractivity contribution >= 4 is 11.8 Å². The molecule has 0 aromatic rings. The number of carbonyl (C=O) groups is 2. The zero-order valence-electron chi connectivity index (χ0n) is 13.3. The summed E-state index contributed by atoms with van der Waals surface area (Å²) in [6.45, 7) is 4.43. The van der Waals surface area contributed by atoms with E-state index in [1.54, 1.807) is 0 Å². The van der Waals surface area contributed by atoms with Crippen LogP contribution in [0.1, 0.15) is 45.4 Å². The fourth-order valence-electron chi connectivity index (χ4n) is 5.13. The monoisotopic (exact) mass is 306 g/mol. The molecule has 1 spiro atoms. The Balaban J connectivity index is 1.31. The van der Waals surface area contributed by atoms with Gasteiger partial charge in [-0.15, -0.1) is 0 Å². The van der Waals surface area contributed by atoms with E-state index in [0.29, 0.717) is 30.2 Å². The van der Waals surface area contributed by atoms with Crippen LogP contribution in [0.3, 0.4) is 0 Å². The van der Waals surface area contributed by atoms with E-state index in [1.165, 1.54) is 0 Å². The highest BCUT2D eigenvalue weighted by Gasteiger charge is 2.58. The molecule has 0 aromatic heterocycles. The molecule has 4 fully saturated rings. The van der Waals surface area contributed by atoms with Crippen LogP contribution < -0.4 is 5.32 Å². The summed E-state index contributed by atoms with van der Waals surface area (Å²) in [4.78, 5) is 26.4. The van der Waals surface area contributed by atoms with Crippen LogP contribution in [0.5, 0.6) is 0 Å². The first kappa shape index (κ1) is 14.5. The molecular formula is C17H26N2O3. The Hall–Kier alpha value is -1.10. The summed E-state index contributed by atoms with van der Waals surface area (Å²) in [6.07, 6.45) is 5.80. The van der Waals surface area contributed by atoms with Gasteiger partial charge in [0.25, 0.3) is 0 Å².